The van der Waals surface area contributed by atoms with Crippen molar-refractivity contribution in [1.82, 2.24) is 19.4 Å². The molecule has 1 saturated heterocycles. The Kier molecular flexibility index (Phi) is 7.61. The van der Waals surface area contributed by atoms with E-state index in [1.54, 1.807) is 13.3 Å². The molecular formula is C32H37N7O2. The van der Waals surface area contributed by atoms with E-state index in [2.05, 4.69) is 61.0 Å². The number of para-hydroxylation sites is 1. The van der Waals surface area contributed by atoms with Gasteiger partial charge in [0.2, 0.25) is 11.9 Å². The third-order valence-electron chi connectivity index (χ3n) is 8.13. The van der Waals surface area contributed by atoms with Crippen LogP contribution in [-0.4, -0.2) is 65.7 Å². The van der Waals surface area contributed by atoms with Gasteiger partial charge in [-0.2, -0.15) is 0 Å². The summed E-state index contributed by atoms with van der Waals surface area (Å²) in [6.07, 6.45) is 10.0. The number of amides is 1. The van der Waals surface area contributed by atoms with Gasteiger partial charge in [0.15, 0.2) is 0 Å². The highest BCUT2D eigenvalue weighted by Crippen LogP contribution is 2.39. The summed E-state index contributed by atoms with van der Waals surface area (Å²) in [6, 6.07) is 12.3. The first-order valence-corrected chi connectivity index (χ1v) is 14.3. The van der Waals surface area contributed by atoms with E-state index in [9.17, 15) is 4.79 Å². The molecule has 0 saturated carbocycles. The number of hydrogen-bond acceptors (Lipinski definition) is 7. The number of methoxy groups -OCH3 is 1. The van der Waals surface area contributed by atoms with Gasteiger partial charge in [0.05, 0.1) is 35.4 Å². The Morgan fingerprint density at radius 3 is 2.80 bits per heavy atom. The number of nitrogens with zero attached hydrogens (tertiary/aromatic N) is 5. The fourth-order valence-electron chi connectivity index (χ4n) is 6.00. The Bertz CT molecular complexity index is 1590. The molecular weight excluding hydrogens is 514 g/mol. The van der Waals surface area contributed by atoms with Gasteiger partial charge in [-0.3, -0.25) is 4.79 Å². The Morgan fingerprint density at radius 1 is 1.15 bits per heavy atom. The molecule has 0 radical (unpaired) electrons. The summed E-state index contributed by atoms with van der Waals surface area (Å²) in [5.41, 5.74) is 6.81. The van der Waals surface area contributed by atoms with Crippen LogP contribution in [0, 0.1) is 0 Å². The van der Waals surface area contributed by atoms with Crippen molar-refractivity contribution in [3.05, 3.63) is 67.0 Å². The van der Waals surface area contributed by atoms with Gasteiger partial charge in [-0.05, 0) is 62.5 Å². The molecule has 4 heterocycles. The molecule has 0 unspecified atom stereocenters. The molecule has 2 aliphatic rings. The predicted octanol–water partition coefficient (Wildman–Crippen LogP) is 5.45. The molecule has 0 aliphatic carbocycles. The first kappa shape index (κ1) is 26.8. The minimum atomic E-state index is -0.276. The molecule has 1 fully saturated rings. The lowest BCUT2D eigenvalue weighted by Crippen LogP contribution is -2.32. The number of anilines is 4. The summed E-state index contributed by atoms with van der Waals surface area (Å²) in [5, 5.41) is 7.52. The van der Waals surface area contributed by atoms with Crippen molar-refractivity contribution in [2.45, 2.75) is 32.2 Å². The number of nitrogens with one attached hydrogen (secondary N) is 2. The van der Waals surface area contributed by atoms with Gasteiger partial charge in [-0.1, -0.05) is 24.8 Å². The smallest absolute Gasteiger partial charge is 0.247 e. The zero-order chi connectivity index (χ0) is 28.3. The standard InChI is InChI=1S/C32H37N7O2/c1-4-30(40)34-26-19-27(29(41-3)20-28(26)37(2)17-18-38-14-5-6-15-38)36-32-33-13-12-25(35-32)24-21-39-16-8-10-22-9-7-11-23(24)31(22)39/h4,7,9,11-13,19-21H,1,5-6,8,10,14-18H2,2-3H3,(H,34,40)(H,33,35,36). The lowest BCUT2D eigenvalue weighted by molar-refractivity contribution is -0.111. The van der Waals surface area contributed by atoms with Crippen LogP contribution in [0.15, 0.2) is 61.4 Å². The van der Waals surface area contributed by atoms with Crippen LogP contribution in [0.4, 0.5) is 23.0 Å². The topological polar surface area (TPSA) is 87.5 Å². The Balaban J connectivity index is 1.31. The molecule has 2 aromatic heterocycles. The number of ether oxygens (including phenoxy) is 1. The second-order valence-corrected chi connectivity index (χ2v) is 10.8. The molecule has 9 heteroatoms. The van der Waals surface area contributed by atoms with Crippen LogP contribution >= 0.6 is 0 Å². The highest BCUT2D eigenvalue weighted by atomic mass is 16.5. The van der Waals surface area contributed by atoms with Crippen molar-refractivity contribution in [3.63, 3.8) is 0 Å². The first-order chi connectivity index (χ1) is 20.0. The van der Waals surface area contributed by atoms with Gasteiger partial charge in [0.25, 0.3) is 0 Å². The SMILES string of the molecule is C=CC(=O)Nc1cc(Nc2nccc(-c3cn4c5c(cccc35)CCC4)n2)c(OC)cc1N(C)CCN1CCCC1. The van der Waals surface area contributed by atoms with E-state index in [-0.39, 0.29) is 5.91 Å². The van der Waals surface area contributed by atoms with Crippen molar-refractivity contribution in [2.24, 2.45) is 0 Å². The van der Waals surface area contributed by atoms with E-state index >= 15 is 0 Å². The number of rotatable bonds is 10. The van der Waals surface area contributed by atoms with E-state index < -0.39 is 0 Å². The molecule has 2 aromatic carbocycles. The monoisotopic (exact) mass is 551 g/mol. The maximum Gasteiger partial charge on any atom is 0.247 e. The second-order valence-electron chi connectivity index (χ2n) is 10.8. The summed E-state index contributed by atoms with van der Waals surface area (Å²) in [7, 11) is 3.68. The molecule has 0 atom stereocenters. The lowest BCUT2D eigenvalue weighted by atomic mass is 10.0. The summed E-state index contributed by atoms with van der Waals surface area (Å²) in [4.78, 5) is 26.4. The van der Waals surface area contributed by atoms with E-state index in [0.717, 1.165) is 62.5 Å². The number of carbonyl (C=O) groups is 1. The van der Waals surface area contributed by atoms with Gasteiger partial charge < -0.3 is 29.7 Å². The van der Waals surface area contributed by atoms with Gasteiger partial charge in [-0.25, -0.2) is 9.97 Å². The van der Waals surface area contributed by atoms with Crippen molar-refractivity contribution in [2.75, 3.05) is 55.9 Å². The summed E-state index contributed by atoms with van der Waals surface area (Å²) in [6.45, 7) is 8.71. The number of aryl methyl sites for hydroxylation is 2. The number of likely N-dealkylation sites (N-methyl/N-ethyl adjacent to an activating group) is 1. The van der Waals surface area contributed by atoms with Crippen molar-refractivity contribution >= 4 is 39.8 Å². The minimum Gasteiger partial charge on any atom is -0.494 e. The zero-order valence-corrected chi connectivity index (χ0v) is 23.8. The molecule has 4 aromatic rings. The Hall–Kier alpha value is -4.37. The third kappa shape index (κ3) is 5.50. The average molecular weight is 552 g/mol. The maximum atomic E-state index is 12.4. The van der Waals surface area contributed by atoms with Gasteiger partial charge in [0, 0.05) is 56.1 Å². The van der Waals surface area contributed by atoms with Gasteiger partial charge in [-0.15, -0.1) is 0 Å². The highest BCUT2D eigenvalue weighted by molar-refractivity contribution is 6.02. The molecule has 6 rings (SSSR count). The van der Waals surface area contributed by atoms with E-state index in [1.165, 1.54) is 35.4 Å². The van der Waals surface area contributed by atoms with Gasteiger partial charge in [0.1, 0.15) is 5.75 Å². The van der Waals surface area contributed by atoms with Gasteiger partial charge >= 0.3 is 0 Å². The van der Waals surface area contributed by atoms with Crippen LogP contribution in [0.25, 0.3) is 22.2 Å². The molecule has 212 valence electrons. The fraction of sp³-hybridized carbons (Fsp3) is 0.344. The summed E-state index contributed by atoms with van der Waals surface area (Å²) in [5.74, 6) is 0.802. The maximum absolute atomic E-state index is 12.4. The lowest BCUT2D eigenvalue weighted by Gasteiger charge is -2.26. The van der Waals surface area contributed by atoms with Crippen LogP contribution < -0.4 is 20.3 Å². The minimum absolute atomic E-state index is 0.276. The number of benzene rings is 2. The molecule has 2 aliphatic heterocycles. The van der Waals surface area contributed by atoms with Crippen LogP contribution in [0.5, 0.6) is 5.75 Å². The summed E-state index contributed by atoms with van der Waals surface area (Å²) < 4.78 is 8.13. The largest absolute Gasteiger partial charge is 0.494 e. The molecule has 0 bridgehead atoms. The average Bonchev–Trinajstić information content (AvgIpc) is 3.66. The van der Waals surface area contributed by atoms with E-state index in [0.29, 0.717) is 23.1 Å². The molecule has 1 amide bonds. The fourth-order valence-corrected chi connectivity index (χ4v) is 6.00. The van der Waals surface area contributed by atoms with E-state index in [1.807, 2.05) is 25.2 Å². The van der Waals surface area contributed by atoms with Crippen LogP contribution in [0.3, 0.4) is 0 Å². The highest BCUT2D eigenvalue weighted by Gasteiger charge is 2.20. The predicted molar refractivity (Wildman–Crippen MR) is 165 cm³/mol. The van der Waals surface area contributed by atoms with Crippen LogP contribution in [-0.2, 0) is 17.8 Å². The normalized spacial score (nSPS) is 14.7. The van der Waals surface area contributed by atoms with Crippen molar-refractivity contribution in [1.29, 1.82) is 0 Å². The number of aromatic nitrogens is 3. The second kappa shape index (κ2) is 11.6. The van der Waals surface area contributed by atoms with Crippen LogP contribution in [0.2, 0.25) is 0 Å². The number of likely N-dealkylation sites (tertiary alicyclic amines) is 1. The van der Waals surface area contributed by atoms with E-state index in [4.69, 9.17) is 9.72 Å². The first-order valence-electron chi connectivity index (χ1n) is 14.3. The Morgan fingerprint density at radius 2 is 2.00 bits per heavy atom. The summed E-state index contributed by atoms with van der Waals surface area (Å²) >= 11 is 0. The van der Waals surface area contributed by atoms with Crippen LogP contribution in [0.1, 0.15) is 24.8 Å². The Labute approximate surface area is 240 Å². The quantitative estimate of drug-likeness (QED) is 0.253. The molecule has 41 heavy (non-hydrogen) atoms. The zero-order valence-electron chi connectivity index (χ0n) is 23.8. The number of carbonyl (C=O) groups excluding carboxylic acids is 1. The van der Waals surface area contributed by atoms with Crippen molar-refractivity contribution < 1.29 is 9.53 Å². The molecule has 9 nitrogen and oxygen atoms in total. The molecule has 2 N–H and O–H groups in total. The third-order valence-corrected chi connectivity index (χ3v) is 8.13. The van der Waals surface area contributed by atoms with Crippen molar-refractivity contribution in [3.8, 4) is 17.0 Å². The number of hydrogen-bond donors (Lipinski definition) is 2. The molecule has 0 spiro atoms.